The molecular weight excluding hydrogens is 625 g/mol. The van der Waals surface area contributed by atoms with Gasteiger partial charge in [0.2, 0.25) is 5.88 Å². The molecule has 3 aliphatic rings. The molecular formula is C33H30F5N5O4. The Hall–Kier alpha value is -4.48. The smallest absolute Gasteiger partial charge is 0.319 e. The number of aliphatic hydroxyl groups excluding tert-OH is 1. The summed E-state index contributed by atoms with van der Waals surface area (Å²) in [5.41, 5.74) is -1.65. The molecule has 0 amide bonds. The zero-order valence-electron chi connectivity index (χ0n) is 25.0. The number of ether oxygens (including phenoxy) is 2. The molecule has 4 aromatic rings. The first kappa shape index (κ1) is 31.1. The SMILES string of the molecule is C#Cc1c(F)ccc2cc(O)cc(-c3nc4c5c(nc(OC[C@@]67CCCN6C[C@H](F)C7)nc5c3F)N(CC(F)F)[C@@H](CCO)CO4)c12. The Balaban J connectivity index is 1.45. The van der Waals surface area contributed by atoms with Gasteiger partial charge in [0.15, 0.2) is 5.82 Å². The first-order chi connectivity index (χ1) is 22.6. The molecule has 0 radical (unpaired) electrons. The maximum atomic E-state index is 16.9. The minimum atomic E-state index is -2.84. The van der Waals surface area contributed by atoms with Crippen LogP contribution in [0.15, 0.2) is 24.3 Å². The summed E-state index contributed by atoms with van der Waals surface area (Å²) in [7, 11) is 0. The summed E-state index contributed by atoms with van der Waals surface area (Å²) in [6.45, 7) is -0.479. The predicted octanol–water partition coefficient (Wildman–Crippen LogP) is 4.98. The van der Waals surface area contributed by atoms with Crippen LogP contribution in [0.4, 0.5) is 27.8 Å². The lowest BCUT2D eigenvalue weighted by molar-refractivity contribution is 0.107. The molecule has 14 heteroatoms. The van der Waals surface area contributed by atoms with E-state index in [1.54, 1.807) is 0 Å². The van der Waals surface area contributed by atoms with Gasteiger partial charge in [-0.25, -0.2) is 26.9 Å². The van der Waals surface area contributed by atoms with Gasteiger partial charge in [0.05, 0.1) is 23.7 Å². The van der Waals surface area contributed by atoms with E-state index < -0.39 is 48.1 Å². The Morgan fingerprint density at radius 1 is 1.17 bits per heavy atom. The molecule has 246 valence electrons. The average Bonchev–Trinajstić information content (AvgIpc) is 3.52. The number of hydrogen-bond donors (Lipinski definition) is 2. The number of halogens is 5. The molecule has 2 aromatic heterocycles. The molecule has 0 saturated carbocycles. The second-order valence-electron chi connectivity index (χ2n) is 12.2. The molecule has 3 aliphatic heterocycles. The van der Waals surface area contributed by atoms with E-state index in [-0.39, 0.29) is 90.1 Å². The Labute approximate surface area is 265 Å². The number of phenolic OH excluding ortho intramolecular Hbond substituents is 1. The van der Waals surface area contributed by atoms with Crippen molar-refractivity contribution in [1.82, 2.24) is 19.9 Å². The quantitative estimate of drug-likeness (QED) is 0.201. The van der Waals surface area contributed by atoms with E-state index >= 15 is 4.39 Å². The van der Waals surface area contributed by atoms with Crippen LogP contribution in [0.1, 0.15) is 31.2 Å². The predicted molar refractivity (Wildman–Crippen MR) is 163 cm³/mol. The van der Waals surface area contributed by atoms with Crippen LogP contribution < -0.4 is 14.4 Å². The lowest BCUT2D eigenvalue weighted by atomic mass is 9.95. The van der Waals surface area contributed by atoms with Crippen molar-refractivity contribution in [2.75, 3.05) is 44.4 Å². The Bertz CT molecular complexity index is 1920. The van der Waals surface area contributed by atoms with Gasteiger partial charge in [-0.2, -0.15) is 9.97 Å². The van der Waals surface area contributed by atoms with Crippen LogP contribution in [0.2, 0.25) is 0 Å². The number of rotatable bonds is 8. The summed E-state index contributed by atoms with van der Waals surface area (Å²) >= 11 is 0. The number of phenols is 1. The van der Waals surface area contributed by atoms with Gasteiger partial charge < -0.3 is 24.6 Å². The highest BCUT2D eigenvalue weighted by molar-refractivity contribution is 6.04. The van der Waals surface area contributed by atoms with E-state index in [9.17, 15) is 27.8 Å². The van der Waals surface area contributed by atoms with Crippen molar-refractivity contribution in [3.8, 4) is 41.2 Å². The fraction of sp³-hybridized carbons (Fsp3) is 0.424. The fourth-order valence-corrected chi connectivity index (χ4v) is 7.27. The van der Waals surface area contributed by atoms with Gasteiger partial charge >= 0.3 is 6.01 Å². The van der Waals surface area contributed by atoms with Crippen molar-refractivity contribution < 1.29 is 41.6 Å². The van der Waals surface area contributed by atoms with Crippen molar-refractivity contribution in [2.24, 2.45) is 0 Å². The molecule has 0 aliphatic carbocycles. The second kappa shape index (κ2) is 12.0. The standard InChI is InChI=1S/C33H30F5N5O4/c1-2-21-23(35)5-4-17-10-20(45)11-22(25(17)21)28-27(38)29-26-30(43(14-24(36)37)19(6-9-44)15-46-31(26)39-28)41-32(40-29)47-16-33-7-3-8-42(33)13-18(34)12-33/h1,4-5,10-11,18-19,24,44-45H,3,6-9,12-16H2/t18-,19+,33+/m1/s1. The van der Waals surface area contributed by atoms with Crippen molar-refractivity contribution in [3.05, 3.63) is 41.5 Å². The largest absolute Gasteiger partial charge is 0.508 e. The Morgan fingerprint density at radius 2 is 2.00 bits per heavy atom. The summed E-state index contributed by atoms with van der Waals surface area (Å²) in [6, 6.07) is 3.87. The number of nitrogens with zero attached hydrogens (tertiary/aromatic N) is 5. The van der Waals surface area contributed by atoms with Crippen molar-refractivity contribution in [2.45, 2.75) is 49.9 Å². The molecule has 2 aromatic carbocycles. The highest BCUT2D eigenvalue weighted by Crippen LogP contribution is 2.44. The molecule has 47 heavy (non-hydrogen) atoms. The van der Waals surface area contributed by atoms with Gasteiger partial charge in [-0.15, -0.1) is 6.42 Å². The lowest BCUT2D eigenvalue weighted by Crippen LogP contribution is -2.44. The maximum Gasteiger partial charge on any atom is 0.319 e. The number of alkyl halides is 3. The van der Waals surface area contributed by atoms with Crippen LogP contribution in [0, 0.1) is 24.0 Å². The third kappa shape index (κ3) is 5.31. The van der Waals surface area contributed by atoms with Gasteiger partial charge in [0.25, 0.3) is 6.43 Å². The second-order valence-corrected chi connectivity index (χ2v) is 12.2. The average molecular weight is 656 g/mol. The minimum Gasteiger partial charge on any atom is -0.508 e. The van der Waals surface area contributed by atoms with Crippen molar-refractivity contribution in [1.29, 1.82) is 0 Å². The maximum absolute atomic E-state index is 16.9. The zero-order valence-corrected chi connectivity index (χ0v) is 25.0. The first-order valence-electron chi connectivity index (χ1n) is 15.3. The van der Waals surface area contributed by atoms with Crippen LogP contribution in [0.5, 0.6) is 17.6 Å². The molecule has 2 saturated heterocycles. The highest BCUT2D eigenvalue weighted by Gasteiger charge is 2.49. The van der Waals surface area contributed by atoms with E-state index in [1.807, 2.05) is 4.90 Å². The van der Waals surface area contributed by atoms with Gasteiger partial charge in [0, 0.05) is 30.5 Å². The molecule has 7 rings (SSSR count). The minimum absolute atomic E-state index is 0.00962. The summed E-state index contributed by atoms with van der Waals surface area (Å²) in [5.74, 6) is -0.141. The van der Waals surface area contributed by atoms with Crippen LogP contribution >= 0.6 is 0 Å². The fourth-order valence-electron chi connectivity index (χ4n) is 7.27. The molecule has 9 nitrogen and oxygen atoms in total. The van der Waals surface area contributed by atoms with E-state index in [1.165, 1.54) is 23.1 Å². The number of aliphatic hydroxyl groups is 1. The number of terminal acetylenes is 1. The topological polar surface area (TPSA) is 104 Å². The number of pyridine rings is 1. The van der Waals surface area contributed by atoms with Crippen LogP contribution in [0.25, 0.3) is 32.9 Å². The lowest BCUT2D eigenvalue weighted by Gasteiger charge is -2.32. The van der Waals surface area contributed by atoms with E-state index in [4.69, 9.17) is 15.9 Å². The summed E-state index contributed by atoms with van der Waals surface area (Å²) in [4.78, 5) is 16.5. The third-order valence-electron chi connectivity index (χ3n) is 9.32. The number of fused-ring (bicyclic) bond motifs is 2. The van der Waals surface area contributed by atoms with Gasteiger partial charge in [-0.05, 0) is 49.4 Å². The van der Waals surface area contributed by atoms with Gasteiger partial charge in [0.1, 0.15) is 53.4 Å². The summed E-state index contributed by atoms with van der Waals surface area (Å²) in [6.07, 6.45) is 3.52. The Kier molecular flexibility index (Phi) is 7.92. The van der Waals surface area contributed by atoms with E-state index in [0.717, 1.165) is 12.5 Å². The Morgan fingerprint density at radius 3 is 2.77 bits per heavy atom. The van der Waals surface area contributed by atoms with Gasteiger partial charge in [-0.3, -0.25) is 4.90 Å². The monoisotopic (exact) mass is 655 g/mol. The van der Waals surface area contributed by atoms with E-state index in [2.05, 4.69) is 20.9 Å². The molecule has 0 spiro atoms. The molecule has 2 fully saturated rings. The van der Waals surface area contributed by atoms with Crippen molar-refractivity contribution in [3.63, 3.8) is 0 Å². The molecule has 0 unspecified atom stereocenters. The van der Waals surface area contributed by atoms with Gasteiger partial charge in [-0.1, -0.05) is 12.0 Å². The normalized spacial score (nSPS) is 22.5. The third-order valence-corrected chi connectivity index (χ3v) is 9.32. The highest BCUT2D eigenvalue weighted by atomic mass is 19.3. The molecule has 3 atom stereocenters. The molecule has 0 bridgehead atoms. The number of benzene rings is 2. The molecule has 2 N–H and O–H groups in total. The zero-order chi connectivity index (χ0) is 33.0. The van der Waals surface area contributed by atoms with Crippen LogP contribution in [0.3, 0.4) is 0 Å². The number of aromatic hydroxyl groups is 1. The van der Waals surface area contributed by atoms with Crippen LogP contribution in [-0.2, 0) is 0 Å². The number of anilines is 1. The summed E-state index contributed by atoms with van der Waals surface area (Å²) in [5, 5.41) is 20.6. The number of hydrogen-bond acceptors (Lipinski definition) is 9. The first-order valence-corrected chi connectivity index (χ1v) is 15.3. The molecule has 5 heterocycles. The van der Waals surface area contributed by atoms with Crippen LogP contribution in [-0.4, -0.2) is 93.7 Å². The van der Waals surface area contributed by atoms with Crippen molar-refractivity contribution >= 4 is 27.5 Å². The summed E-state index contributed by atoms with van der Waals surface area (Å²) < 4.78 is 86.2. The number of aromatic nitrogens is 3. The van der Waals surface area contributed by atoms with E-state index in [0.29, 0.717) is 18.4 Å².